The van der Waals surface area contributed by atoms with Crippen LogP contribution in [0.5, 0.6) is 0 Å². The van der Waals surface area contributed by atoms with Crippen molar-refractivity contribution < 1.29 is 0 Å². The second-order valence-corrected chi connectivity index (χ2v) is 10.3. The maximum atomic E-state index is 4.95. The summed E-state index contributed by atoms with van der Waals surface area (Å²) in [5.74, 6) is 2.47. The van der Waals surface area contributed by atoms with Gasteiger partial charge in [0.15, 0.2) is 5.82 Å². The average Bonchev–Trinajstić information content (AvgIpc) is 3.49. The average molecular weight is 486 g/mol. The summed E-state index contributed by atoms with van der Waals surface area (Å²) in [6.45, 7) is 10.8. The van der Waals surface area contributed by atoms with Gasteiger partial charge in [0.05, 0.1) is 16.7 Å². The molecule has 0 aliphatic heterocycles. The topological polar surface area (TPSA) is 48.5 Å². The molecule has 0 fully saturated rings. The van der Waals surface area contributed by atoms with Gasteiger partial charge in [-0.15, -0.1) is 0 Å². The highest BCUT2D eigenvalue weighted by atomic mass is 15.3. The molecule has 0 aliphatic carbocycles. The van der Waals surface area contributed by atoms with Crippen molar-refractivity contribution in [3.8, 4) is 22.8 Å². The number of fused-ring (bicyclic) bond motifs is 3. The number of nitrogens with zero attached hydrogens (tertiary/aromatic N) is 5. The molecule has 5 heteroatoms. The molecular weight excluding hydrogens is 454 g/mol. The van der Waals surface area contributed by atoms with Crippen LogP contribution in [0.4, 0.5) is 0 Å². The SMILES string of the molecule is Cc1cc(-c2ccc3c4ccccc4n(-c4ccccn4)c3c2)cc(-n2nc(C(C)C)cc2C(C)C)n1. The van der Waals surface area contributed by atoms with Gasteiger partial charge in [-0.2, -0.15) is 5.10 Å². The second kappa shape index (κ2) is 9.00. The Morgan fingerprint density at radius 1 is 0.676 bits per heavy atom. The molecule has 0 unspecified atom stereocenters. The Morgan fingerprint density at radius 2 is 1.46 bits per heavy atom. The number of rotatable bonds is 5. The molecule has 184 valence electrons. The molecule has 0 radical (unpaired) electrons. The summed E-state index contributed by atoms with van der Waals surface area (Å²) in [5, 5.41) is 7.39. The van der Waals surface area contributed by atoms with Crippen molar-refractivity contribution in [1.29, 1.82) is 0 Å². The lowest BCUT2D eigenvalue weighted by Gasteiger charge is -2.12. The van der Waals surface area contributed by atoms with Gasteiger partial charge in [0, 0.05) is 28.4 Å². The molecule has 5 nitrogen and oxygen atoms in total. The highest BCUT2D eigenvalue weighted by molar-refractivity contribution is 6.10. The molecule has 0 N–H and O–H groups in total. The summed E-state index contributed by atoms with van der Waals surface area (Å²) in [5.41, 5.74) is 7.79. The van der Waals surface area contributed by atoms with Gasteiger partial charge in [0.2, 0.25) is 0 Å². The molecule has 0 amide bonds. The Bertz CT molecular complexity index is 1740. The van der Waals surface area contributed by atoms with E-state index in [0.717, 1.165) is 45.2 Å². The first-order chi connectivity index (χ1) is 17.9. The van der Waals surface area contributed by atoms with Gasteiger partial charge < -0.3 is 0 Å². The number of aromatic nitrogens is 5. The smallest absolute Gasteiger partial charge is 0.154 e. The first-order valence-electron chi connectivity index (χ1n) is 12.9. The Balaban J connectivity index is 1.56. The number of benzene rings is 2. The number of aryl methyl sites for hydroxylation is 1. The third-order valence-electron chi connectivity index (χ3n) is 6.98. The third-order valence-corrected chi connectivity index (χ3v) is 6.98. The van der Waals surface area contributed by atoms with Crippen LogP contribution in [0.25, 0.3) is 44.6 Å². The molecule has 6 rings (SSSR count). The normalized spacial score (nSPS) is 11.9. The minimum absolute atomic E-state index is 0.344. The van der Waals surface area contributed by atoms with Gasteiger partial charge in [-0.25, -0.2) is 14.6 Å². The minimum atomic E-state index is 0.344. The predicted octanol–water partition coefficient (Wildman–Crippen LogP) is 7.98. The zero-order valence-corrected chi connectivity index (χ0v) is 22.0. The molecule has 0 saturated heterocycles. The highest BCUT2D eigenvalue weighted by Gasteiger charge is 2.18. The van der Waals surface area contributed by atoms with Crippen LogP contribution in [0.2, 0.25) is 0 Å². The monoisotopic (exact) mass is 485 g/mol. The fourth-order valence-electron chi connectivity index (χ4n) is 5.10. The molecule has 4 aromatic heterocycles. The molecule has 0 atom stereocenters. The standard InChI is InChI=1S/C32H31N5/c1-20(2)27-19-29(21(3)4)37(35-27)32-18-24(16-22(5)34-32)23-13-14-26-25-10-6-7-11-28(25)36(30(26)17-23)31-12-8-9-15-33-31/h6-21H,1-5H3. The minimum Gasteiger partial charge on any atom is -0.294 e. The predicted molar refractivity (Wildman–Crippen MR) is 152 cm³/mol. The van der Waals surface area contributed by atoms with Crippen LogP contribution in [0.15, 0.2) is 85.1 Å². The quantitative estimate of drug-likeness (QED) is 0.249. The van der Waals surface area contributed by atoms with Gasteiger partial charge in [-0.05, 0) is 72.4 Å². The molecule has 0 aliphatic rings. The molecule has 0 bridgehead atoms. The van der Waals surface area contributed by atoms with E-state index in [1.165, 1.54) is 16.5 Å². The van der Waals surface area contributed by atoms with Crippen molar-refractivity contribution in [2.24, 2.45) is 0 Å². The summed E-state index contributed by atoms with van der Waals surface area (Å²) in [7, 11) is 0. The van der Waals surface area contributed by atoms with Gasteiger partial charge in [-0.1, -0.05) is 64.1 Å². The largest absolute Gasteiger partial charge is 0.294 e. The Labute approximate surface area is 217 Å². The van der Waals surface area contributed by atoms with Gasteiger partial charge in [0.1, 0.15) is 5.82 Å². The Kier molecular flexibility index (Phi) is 5.64. The first-order valence-corrected chi connectivity index (χ1v) is 12.9. The van der Waals surface area contributed by atoms with E-state index in [1.54, 1.807) is 0 Å². The zero-order chi connectivity index (χ0) is 25.7. The van der Waals surface area contributed by atoms with Crippen LogP contribution in [-0.4, -0.2) is 24.3 Å². The molecular formula is C32H31N5. The van der Waals surface area contributed by atoms with Crippen molar-refractivity contribution in [2.45, 2.75) is 46.5 Å². The van der Waals surface area contributed by atoms with Crippen LogP contribution in [-0.2, 0) is 0 Å². The van der Waals surface area contributed by atoms with E-state index in [9.17, 15) is 0 Å². The first kappa shape index (κ1) is 23.2. The van der Waals surface area contributed by atoms with Crippen molar-refractivity contribution >= 4 is 21.8 Å². The molecule has 0 saturated carbocycles. The molecule has 4 heterocycles. The van der Waals surface area contributed by atoms with Crippen LogP contribution in [0.3, 0.4) is 0 Å². The number of hydrogen-bond donors (Lipinski definition) is 0. The summed E-state index contributed by atoms with van der Waals surface area (Å²) in [6.07, 6.45) is 1.85. The maximum absolute atomic E-state index is 4.95. The summed E-state index contributed by atoms with van der Waals surface area (Å²) in [6, 6.07) is 27.8. The van der Waals surface area contributed by atoms with Crippen LogP contribution >= 0.6 is 0 Å². The second-order valence-electron chi connectivity index (χ2n) is 10.3. The number of para-hydroxylation sites is 1. The van der Waals surface area contributed by atoms with Crippen molar-refractivity contribution in [3.05, 3.63) is 102 Å². The lowest BCUT2D eigenvalue weighted by Crippen LogP contribution is -2.07. The van der Waals surface area contributed by atoms with E-state index in [2.05, 4.69) is 111 Å². The fourth-order valence-corrected chi connectivity index (χ4v) is 5.10. The zero-order valence-electron chi connectivity index (χ0n) is 22.0. The highest BCUT2D eigenvalue weighted by Crippen LogP contribution is 2.35. The van der Waals surface area contributed by atoms with Gasteiger partial charge >= 0.3 is 0 Å². The van der Waals surface area contributed by atoms with E-state index >= 15 is 0 Å². The maximum Gasteiger partial charge on any atom is 0.154 e. The summed E-state index contributed by atoms with van der Waals surface area (Å²) in [4.78, 5) is 9.57. The fraction of sp³-hybridized carbons (Fsp3) is 0.219. The van der Waals surface area contributed by atoms with Crippen LogP contribution in [0, 0.1) is 6.92 Å². The van der Waals surface area contributed by atoms with Crippen molar-refractivity contribution in [3.63, 3.8) is 0 Å². The summed E-state index contributed by atoms with van der Waals surface area (Å²) < 4.78 is 4.28. The van der Waals surface area contributed by atoms with E-state index in [-0.39, 0.29) is 0 Å². The van der Waals surface area contributed by atoms with E-state index in [4.69, 9.17) is 10.1 Å². The van der Waals surface area contributed by atoms with Crippen LogP contribution in [0.1, 0.15) is 56.6 Å². The molecule has 0 spiro atoms. The Morgan fingerprint density at radius 3 is 2.22 bits per heavy atom. The lowest BCUT2D eigenvalue weighted by atomic mass is 10.0. The van der Waals surface area contributed by atoms with E-state index < -0.39 is 0 Å². The van der Waals surface area contributed by atoms with Gasteiger partial charge in [-0.3, -0.25) is 4.57 Å². The third kappa shape index (κ3) is 4.01. The van der Waals surface area contributed by atoms with Crippen molar-refractivity contribution in [1.82, 2.24) is 24.3 Å². The van der Waals surface area contributed by atoms with Gasteiger partial charge in [0.25, 0.3) is 0 Å². The molecule has 6 aromatic rings. The van der Waals surface area contributed by atoms with E-state index in [0.29, 0.717) is 11.8 Å². The molecule has 37 heavy (non-hydrogen) atoms. The molecule has 2 aromatic carbocycles. The van der Waals surface area contributed by atoms with Crippen LogP contribution < -0.4 is 0 Å². The van der Waals surface area contributed by atoms with Crippen molar-refractivity contribution in [2.75, 3.05) is 0 Å². The summed E-state index contributed by atoms with van der Waals surface area (Å²) >= 11 is 0. The van der Waals surface area contributed by atoms with E-state index in [1.807, 2.05) is 23.0 Å². The number of pyridine rings is 2. The Hall–Kier alpha value is -4.25. The number of hydrogen-bond acceptors (Lipinski definition) is 3. The lowest BCUT2D eigenvalue weighted by molar-refractivity contribution is 0.701.